The normalized spacial score (nSPS) is 16.2. The number of rotatable bonds is 18. The van der Waals surface area contributed by atoms with Crippen LogP contribution in [-0.4, -0.2) is 88.7 Å². The van der Waals surface area contributed by atoms with Gasteiger partial charge in [-0.2, -0.15) is 0 Å². The van der Waals surface area contributed by atoms with Gasteiger partial charge in [0.05, 0.1) is 71.9 Å². The molecule has 2 aromatic heterocycles. The standard InChI is InChI=1S/C59H65N6O5P/c1-8-44-37(3)47-34-49-39(5)46(26-27-53(66)60-28-19-33-71(41-20-13-10-14-21-41,42-22-15-11-16-23-42)43-24-17-12-18-25-43)56(63-49)55-57-54(58(67)65(59(55)68)29-30-70-32-31-69-7)40(6)50(64-57)36-52-45(9-2)38(4)48(62-52)35-51(44)61-47/h10-18,20-25,34-36,39,46H,8-9,19,26-33H2,1-7H3,(H2-,60,61,62,63,64,66,67,68)/p+1/t39-,46?/m0/s1. The smallest absolute Gasteiger partial charge is 0.264 e. The summed E-state index contributed by atoms with van der Waals surface area (Å²) in [4.78, 5) is 62.9. The van der Waals surface area contributed by atoms with Crippen molar-refractivity contribution in [1.82, 2.24) is 30.2 Å². The number of H-pyrrole nitrogens is 2. The van der Waals surface area contributed by atoms with E-state index in [9.17, 15) is 9.59 Å². The van der Waals surface area contributed by atoms with Gasteiger partial charge in [-0.1, -0.05) is 75.4 Å². The lowest BCUT2D eigenvalue weighted by molar-refractivity contribution is -0.121. The van der Waals surface area contributed by atoms with E-state index in [0.717, 1.165) is 76.2 Å². The number of carbonyl (C=O) groups excluding carboxylic acids is 3. The number of aryl methyl sites for hydroxylation is 1. The molecule has 0 fully saturated rings. The largest absolute Gasteiger partial charge is 0.382 e. The highest BCUT2D eigenvalue weighted by atomic mass is 31.2. The molecule has 0 spiro atoms. The first-order chi connectivity index (χ1) is 34.5. The summed E-state index contributed by atoms with van der Waals surface area (Å²) >= 11 is 0. The third-order valence-electron chi connectivity index (χ3n) is 15.0. The van der Waals surface area contributed by atoms with Gasteiger partial charge >= 0.3 is 0 Å². The van der Waals surface area contributed by atoms with Crippen LogP contribution in [0, 0.1) is 6.92 Å². The van der Waals surface area contributed by atoms with E-state index in [2.05, 4.69) is 153 Å². The summed E-state index contributed by atoms with van der Waals surface area (Å²) in [5.41, 5.74) is 12.3. The van der Waals surface area contributed by atoms with Gasteiger partial charge < -0.3 is 24.8 Å². The van der Waals surface area contributed by atoms with E-state index >= 15 is 4.79 Å². The molecule has 9 rings (SSSR count). The van der Waals surface area contributed by atoms with Crippen molar-refractivity contribution < 1.29 is 23.9 Å². The quantitative estimate of drug-likeness (QED) is 0.0451. The number of imide groups is 1. The molecule has 4 aliphatic rings. The van der Waals surface area contributed by atoms with Gasteiger partial charge in [0.1, 0.15) is 23.2 Å². The van der Waals surface area contributed by atoms with Crippen LogP contribution in [0.15, 0.2) is 109 Å². The predicted molar refractivity (Wildman–Crippen MR) is 289 cm³/mol. The highest BCUT2D eigenvalue weighted by Crippen LogP contribution is 2.55. The van der Waals surface area contributed by atoms with Crippen LogP contribution in [-0.2, 0) is 14.3 Å². The van der Waals surface area contributed by atoms with Crippen molar-refractivity contribution in [3.63, 3.8) is 0 Å². The van der Waals surface area contributed by atoms with Crippen LogP contribution in [0.2, 0.25) is 0 Å². The molecular weight excluding hydrogens is 904 g/mol. The van der Waals surface area contributed by atoms with Gasteiger partial charge in [0.15, 0.2) is 0 Å². The molecule has 6 heterocycles. The number of fused-ring (bicyclic) bond motifs is 8. The number of ether oxygens (including phenoxy) is 2. The second-order valence-corrected chi connectivity index (χ2v) is 22.6. The zero-order valence-electron chi connectivity index (χ0n) is 42.2. The van der Waals surface area contributed by atoms with Crippen molar-refractivity contribution >= 4 is 74.2 Å². The van der Waals surface area contributed by atoms with Crippen LogP contribution in [0.4, 0.5) is 0 Å². The molecule has 4 aliphatic heterocycles. The molecule has 11 nitrogen and oxygen atoms in total. The van der Waals surface area contributed by atoms with E-state index in [1.807, 2.05) is 13.0 Å². The van der Waals surface area contributed by atoms with Gasteiger partial charge in [-0.25, -0.2) is 9.97 Å². The van der Waals surface area contributed by atoms with Gasteiger partial charge in [0, 0.05) is 48.8 Å². The van der Waals surface area contributed by atoms with Crippen LogP contribution in [0.5, 0.6) is 0 Å². The number of benzene rings is 3. The average molecular weight is 970 g/mol. The summed E-state index contributed by atoms with van der Waals surface area (Å²) in [6.07, 6.45) is 3.95. The van der Waals surface area contributed by atoms with Gasteiger partial charge in [-0.3, -0.25) is 19.3 Å². The van der Waals surface area contributed by atoms with Crippen LogP contribution < -0.4 is 21.2 Å². The highest BCUT2D eigenvalue weighted by Gasteiger charge is 2.45. The van der Waals surface area contributed by atoms with Crippen molar-refractivity contribution in [3.8, 4) is 0 Å². The number of hydrogen-bond donors (Lipinski definition) is 3. The first-order valence-electron chi connectivity index (χ1n) is 25.2. The monoisotopic (exact) mass is 969 g/mol. The number of nitrogens with one attached hydrogen (secondary N) is 3. The Bertz CT molecular complexity index is 3010. The Morgan fingerprint density at radius 3 is 1.86 bits per heavy atom. The highest BCUT2D eigenvalue weighted by molar-refractivity contribution is 7.95. The van der Waals surface area contributed by atoms with Crippen LogP contribution in [0.3, 0.4) is 0 Å². The number of nitrogens with zero attached hydrogens (tertiary/aromatic N) is 3. The molecule has 0 saturated carbocycles. The average Bonchev–Trinajstić information content (AvgIpc) is 4.07. The Morgan fingerprint density at radius 1 is 0.718 bits per heavy atom. The number of carbonyl (C=O) groups is 3. The third-order valence-corrected chi connectivity index (χ3v) is 19.5. The molecule has 1 unspecified atom stereocenters. The summed E-state index contributed by atoms with van der Waals surface area (Å²) in [7, 11) is -0.453. The maximum Gasteiger partial charge on any atom is 0.264 e. The topological polar surface area (TPSA) is 142 Å². The fourth-order valence-corrected chi connectivity index (χ4v) is 15.4. The predicted octanol–water partition coefficient (Wildman–Crippen LogP) is 10.5. The molecule has 3 amide bonds. The van der Waals surface area contributed by atoms with Crippen LogP contribution in [0.1, 0.15) is 139 Å². The van der Waals surface area contributed by atoms with Crippen LogP contribution >= 0.6 is 7.26 Å². The fraction of sp³-hybridized carbons (Fsp3) is 0.339. The zero-order valence-corrected chi connectivity index (χ0v) is 43.0. The van der Waals surface area contributed by atoms with Crippen molar-refractivity contribution in [3.05, 3.63) is 160 Å². The number of methoxy groups -OCH3 is 1. The molecule has 2 atom stereocenters. The van der Waals surface area contributed by atoms with Crippen LogP contribution in [0.25, 0.3) is 33.3 Å². The number of hydrogen-bond acceptors (Lipinski definition) is 7. The zero-order chi connectivity index (χ0) is 49.8. The second-order valence-electron chi connectivity index (χ2n) is 18.9. The van der Waals surface area contributed by atoms with E-state index in [4.69, 9.17) is 19.4 Å². The molecule has 3 aromatic carbocycles. The Balaban J connectivity index is 1.09. The molecule has 0 aliphatic carbocycles. The first-order valence-corrected chi connectivity index (χ1v) is 27.2. The summed E-state index contributed by atoms with van der Waals surface area (Å²) in [5, 5.41) is 7.24. The maximum atomic E-state index is 15.1. The van der Waals surface area contributed by atoms with E-state index in [1.54, 1.807) is 7.11 Å². The summed E-state index contributed by atoms with van der Waals surface area (Å²) < 4.78 is 11.0. The summed E-state index contributed by atoms with van der Waals surface area (Å²) in [6, 6.07) is 38.7. The lowest BCUT2D eigenvalue weighted by atomic mass is 9.84. The fourth-order valence-electron chi connectivity index (χ4n) is 11.1. The molecule has 8 bridgehead atoms. The van der Waals surface area contributed by atoms with E-state index in [1.165, 1.54) is 26.4 Å². The Hall–Kier alpha value is -6.52. The second kappa shape index (κ2) is 21.5. The molecule has 12 heteroatoms. The number of aromatic amines is 2. The van der Waals surface area contributed by atoms with Crippen molar-refractivity contribution in [2.24, 2.45) is 0 Å². The number of amides is 3. The van der Waals surface area contributed by atoms with Gasteiger partial charge in [0.25, 0.3) is 11.8 Å². The minimum Gasteiger partial charge on any atom is -0.382 e. The molecule has 5 aromatic rings. The van der Waals surface area contributed by atoms with E-state index < -0.39 is 13.2 Å². The van der Waals surface area contributed by atoms with Crippen molar-refractivity contribution in [1.29, 1.82) is 0 Å². The number of allylic oxidation sites excluding steroid dienone is 4. The molecule has 71 heavy (non-hydrogen) atoms. The number of aromatic nitrogens is 4. The lowest BCUT2D eigenvalue weighted by Crippen LogP contribution is -2.43. The minimum atomic E-state index is -2.06. The minimum absolute atomic E-state index is 0.0431. The van der Waals surface area contributed by atoms with E-state index in [0.29, 0.717) is 54.0 Å². The summed E-state index contributed by atoms with van der Waals surface area (Å²) in [5.74, 6) is -1.23. The van der Waals surface area contributed by atoms with E-state index in [-0.39, 0.29) is 43.2 Å². The first kappa shape index (κ1) is 49.5. The molecule has 366 valence electrons. The SMILES string of the molecule is CCC1=C(C)c2cc3[nH]c(c4c5[nH]c(cc6nc(cc1n2)C(C)=C6CC)c(C)c5C(=O)N(CCOCCOC)C4=O)C(CCC(=O)NCCC[P+](c1ccccc1)(c1ccccc1)c1ccccc1)[C@@H]3C. The van der Waals surface area contributed by atoms with Crippen molar-refractivity contribution in [2.75, 3.05) is 46.2 Å². The summed E-state index contributed by atoms with van der Waals surface area (Å²) in [6.45, 7) is 14.1. The molecular formula is C59H66N6O5P+. The van der Waals surface area contributed by atoms with Crippen molar-refractivity contribution in [2.45, 2.75) is 85.5 Å². The Kier molecular flexibility index (Phi) is 14.9. The molecule has 0 radical (unpaired) electrons. The van der Waals surface area contributed by atoms with Gasteiger partial charge in [0.2, 0.25) is 5.91 Å². The van der Waals surface area contributed by atoms with Gasteiger partial charge in [-0.05, 0) is 129 Å². The maximum absolute atomic E-state index is 15.1. The third kappa shape index (κ3) is 9.43. The lowest BCUT2D eigenvalue weighted by Gasteiger charge is -2.28. The molecule has 0 saturated heterocycles. The molecule has 3 N–H and O–H groups in total. The Labute approximate surface area is 418 Å². The Morgan fingerprint density at radius 2 is 1.28 bits per heavy atom. The van der Waals surface area contributed by atoms with Gasteiger partial charge in [-0.15, -0.1) is 0 Å².